The summed E-state index contributed by atoms with van der Waals surface area (Å²) in [5, 5.41) is 3.79. The van der Waals surface area contributed by atoms with Crippen LogP contribution in [-0.4, -0.2) is 10.5 Å². The van der Waals surface area contributed by atoms with E-state index in [0.29, 0.717) is 27.3 Å². The summed E-state index contributed by atoms with van der Waals surface area (Å²) in [6.45, 7) is 1.89. The minimum Gasteiger partial charge on any atom is -0.340 e. The van der Waals surface area contributed by atoms with Crippen LogP contribution < -0.4 is 5.32 Å². The molecule has 3 rings (SSSR count). The van der Waals surface area contributed by atoms with Crippen molar-refractivity contribution in [3.8, 4) is 0 Å². The molecule has 1 aromatic heterocycles. The Labute approximate surface area is 132 Å². The number of carbonyl (C=O) groups excluding carboxylic acids is 1. The highest BCUT2D eigenvalue weighted by Crippen LogP contribution is 2.24. The number of amides is 1. The van der Waals surface area contributed by atoms with Crippen molar-refractivity contribution in [2.45, 2.75) is 6.92 Å². The summed E-state index contributed by atoms with van der Waals surface area (Å²) < 4.78 is 15.5. The van der Waals surface area contributed by atoms with Gasteiger partial charge in [-0.1, -0.05) is 23.7 Å². The Morgan fingerprint density at radius 3 is 2.68 bits per heavy atom. The third-order valence-electron chi connectivity index (χ3n) is 3.70. The predicted octanol–water partition coefficient (Wildman–Crippen LogP) is 4.53. The van der Waals surface area contributed by atoms with Crippen molar-refractivity contribution in [2.75, 3.05) is 5.32 Å². The molecular formula is C17H14ClFN2O. The van der Waals surface area contributed by atoms with Gasteiger partial charge in [-0.05, 0) is 42.8 Å². The lowest BCUT2D eigenvalue weighted by atomic mass is 10.2. The van der Waals surface area contributed by atoms with Gasteiger partial charge in [0.2, 0.25) is 0 Å². The number of anilines is 1. The number of nitrogens with one attached hydrogen (secondary N) is 1. The first-order valence-electron chi connectivity index (χ1n) is 6.79. The van der Waals surface area contributed by atoms with Crippen molar-refractivity contribution in [2.24, 2.45) is 7.05 Å². The van der Waals surface area contributed by atoms with Crippen molar-refractivity contribution in [1.29, 1.82) is 0 Å². The van der Waals surface area contributed by atoms with Crippen LogP contribution in [0.3, 0.4) is 0 Å². The second-order valence-corrected chi connectivity index (χ2v) is 5.59. The highest BCUT2D eigenvalue weighted by molar-refractivity contribution is 6.31. The van der Waals surface area contributed by atoms with Gasteiger partial charge in [-0.2, -0.15) is 0 Å². The molecular weight excluding hydrogens is 303 g/mol. The smallest absolute Gasteiger partial charge is 0.272 e. The van der Waals surface area contributed by atoms with E-state index >= 15 is 0 Å². The fraction of sp³-hybridized carbons (Fsp3) is 0.118. The number of aromatic nitrogens is 1. The predicted molar refractivity (Wildman–Crippen MR) is 87.0 cm³/mol. The number of hydrogen-bond acceptors (Lipinski definition) is 1. The lowest BCUT2D eigenvalue weighted by Gasteiger charge is -2.08. The van der Waals surface area contributed by atoms with Gasteiger partial charge in [0.05, 0.1) is 5.52 Å². The Kier molecular flexibility index (Phi) is 3.62. The van der Waals surface area contributed by atoms with Crippen LogP contribution in [-0.2, 0) is 7.05 Å². The van der Waals surface area contributed by atoms with Gasteiger partial charge in [0, 0.05) is 23.1 Å². The fourth-order valence-corrected chi connectivity index (χ4v) is 2.59. The maximum absolute atomic E-state index is 13.8. The monoisotopic (exact) mass is 316 g/mol. The lowest BCUT2D eigenvalue weighted by molar-refractivity contribution is 0.102. The molecule has 0 aliphatic rings. The molecule has 0 atom stereocenters. The quantitative estimate of drug-likeness (QED) is 0.740. The SMILES string of the molecule is Cc1ccc(NC(=O)c2cc3c(F)cccc3n2C)cc1Cl. The number of fused-ring (bicyclic) bond motifs is 1. The van der Waals surface area contributed by atoms with Gasteiger partial charge >= 0.3 is 0 Å². The molecule has 0 bridgehead atoms. The molecule has 0 radical (unpaired) electrons. The van der Waals surface area contributed by atoms with Gasteiger partial charge in [0.15, 0.2) is 0 Å². The van der Waals surface area contributed by atoms with Gasteiger partial charge in [-0.3, -0.25) is 4.79 Å². The molecule has 1 N–H and O–H groups in total. The summed E-state index contributed by atoms with van der Waals surface area (Å²) in [6, 6.07) is 11.6. The van der Waals surface area contributed by atoms with Crippen LogP contribution in [0.2, 0.25) is 5.02 Å². The Morgan fingerprint density at radius 1 is 1.23 bits per heavy atom. The number of benzene rings is 2. The Balaban J connectivity index is 1.97. The van der Waals surface area contributed by atoms with E-state index in [0.717, 1.165) is 5.56 Å². The fourth-order valence-electron chi connectivity index (χ4n) is 2.41. The van der Waals surface area contributed by atoms with Gasteiger partial charge in [-0.25, -0.2) is 4.39 Å². The second-order valence-electron chi connectivity index (χ2n) is 5.18. The molecule has 0 aliphatic heterocycles. The van der Waals surface area contributed by atoms with Crippen molar-refractivity contribution in [3.63, 3.8) is 0 Å². The number of nitrogens with zero attached hydrogens (tertiary/aromatic N) is 1. The van der Waals surface area contributed by atoms with E-state index in [1.54, 1.807) is 41.9 Å². The van der Waals surface area contributed by atoms with Crippen molar-refractivity contribution in [1.82, 2.24) is 4.57 Å². The van der Waals surface area contributed by atoms with Gasteiger partial charge in [0.25, 0.3) is 5.91 Å². The Hall–Kier alpha value is -2.33. The number of hydrogen-bond donors (Lipinski definition) is 1. The number of carbonyl (C=O) groups is 1. The van der Waals surface area contributed by atoms with E-state index in [9.17, 15) is 9.18 Å². The molecule has 0 aliphatic carbocycles. The third kappa shape index (κ3) is 2.46. The molecule has 112 valence electrons. The van der Waals surface area contributed by atoms with Crippen molar-refractivity contribution < 1.29 is 9.18 Å². The topological polar surface area (TPSA) is 34.0 Å². The van der Waals surface area contributed by atoms with Crippen LogP contribution in [0.4, 0.5) is 10.1 Å². The number of halogens is 2. The molecule has 3 nitrogen and oxygen atoms in total. The van der Waals surface area contributed by atoms with Gasteiger partial charge in [-0.15, -0.1) is 0 Å². The first kappa shape index (κ1) is 14.6. The summed E-state index contributed by atoms with van der Waals surface area (Å²) in [4.78, 5) is 12.4. The van der Waals surface area contributed by atoms with E-state index in [-0.39, 0.29) is 11.7 Å². The van der Waals surface area contributed by atoms with E-state index in [1.807, 2.05) is 13.0 Å². The standard InChI is InChI=1S/C17H14ClFN2O/c1-10-6-7-11(8-13(10)18)20-17(22)16-9-12-14(19)4-3-5-15(12)21(16)2/h3-9H,1-2H3,(H,20,22). The van der Waals surface area contributed by atoms with Crippen LogP contribution in [0.5, 0.6) is 0 Å². The first-order chi connectivity index (χ1) is 10.5. The molecule has 2 aromatic carbocycles. The normalized spacial score (nSPS) is 10.9. The lowest BCUT2D eigenvalue weighted by Crippen LogP contribution is -2.15. The highest BCUT2D eigenvalue weighted by Gasteiger charge is 2.15. The minimum absolute atomic E-state index is 0.307. The molecule has 3 aromatic rings. The molecule has 0 unspecified atom stereocenters. The average Bonchev–Trinajstić information content (AvgIpc) is 2.82. The molecule has 0 spiro atoms. The molecule has 1 amide bonds. The molecule has 22 heavy (non-hydrogen) atoms. The van der Waals surface area contributed by atoms with Crippen molar-refractivity contribution >= 4 is 34.1 Å². The van der Waals surface area contributed by atoms with E-state index in [2.05, 4.69) is 5.32 Å². The summed E-state index contributed by atoms with van der Waals surface area (Å²) in [6.07, 6.45) is 0. The number of aryl methyl sites for hydroxylation is 2. The van der Waals surface area contributed by atoms with Crippen LogP contribution >= 0.6 is 11.6 Å². The van der Waals surface area contributed by atoms with E-state index in [1.165, 1.54) is 6.07 Å². The molecule has 0 fully saturated rings. The minimum atomic E-state index is -0.342. The largest absolute Gasteiger partial charge is 0.340 e. The van der Waals surface area contributed by atoms with Gasteiger partial charge < -0.3 is 9.88 Å². The molecule has 0 saturated heterocycles. The summed E-state index contributed by atoms with van der Waals surface area (Å²) in [5.74, 6) is -0.649. The van der Waals surface area contributed by atoms with Gasteiger partial charge in [0.1, 0.15) is 11.5 Å². The van der Waals surface area contributed by atoms with E-state index in [4.69, 9.17) is 11.6 Å². The average molecular weight is 317 g/mol. The Morgan fingerprint density at radius 2 is 2.00 bits per heavy atom. The summed E-state index contributed by atoms with van der Waals surface area (Å²) in [7, 11) is 1.73. The molecule has 5 heteroatoms. The maximum Gasteiger partial charge on any atom is 0.272 e. The van der Waals surface area contributed by atoms with E-state index < -0.39 is 0 Å². The second kappa shape index (κ2) is 5.46. The highest BCUT2D eigenvalue weighted by atomic mass is 35.5. The van der Waals surface area contributed by atoms with Crippen LogP contribution in [0, 0.1) is 12.7 Å². The zero-order valence-electron chi connectivity index (χ0n) is 12.2. The molecule has 1 heterocycles. The van der Waals surface area contributed by atoms with Crippen LogP contribution in [0.25, 0.3) is 10.9 Å². The summed E-state index contributed by atoms with van der Waals surface area (Å²) >= 11 is 6.05. The zero-order chi connectivity index (χ0) is 15.9. The zero-order valence-corrected chi connectivity index (χ0v) is 12.9. The number of rotatable bonds is 2. The molecule has 0 saturated carbocycles. The first-order valence-corrected chi connectivity index (χ1v) is 7.16. The summed E-state index contributed by atoms with van der Waals surface area (Å²) in [5.41, 5.74) is 2.60. The maximum atomic E-state index is 13.8. The third-order valence-corrected chi connectivity index (χ3v) is 4.10. The van der Waals surface area contributed by atoms with Crippen molar-refractivity contribution in [3.05, 3.63) is 64.6 Å². The van der Waals surface area contributed by atoms with Crippen LogP contribution in [0.15, 0.2) is 42.5 Å². The van der Waals surface area contributed by atoms with Crippen LogP contribution in [0.1, 0.15) is 16.1 Å². The Bertz CT molecular complexity index is 886.